The van der Waals surface area contributed by atoms with Crippen LogP contribution in [0.1, 0.15) is 0 Å². The third-order valence-corrected chi connectivity index (χ3v) is 12.7. The van der Waals surface area contributed by atoms with E-state index in [0.717, 1.165) is 11.1 Å². The molecule has 0 N–H and O–H groups in total. The average molecular weight is 839 g/mol. The van der Waals surface area contributed by atoms with Crippen LogP contribution in [0.15, 0.2) is 279 Å². The van der Waals surface area contributed by atoms with Crippen LogP contribution in [0, 0.1) is 0 Å². The third-order valence-electron chi connectivity index (χ3n) is 12.7. The molecule has 0 unspecified atom stereocenters. The van der Waals surface area contributed by atoms with Gasteiger partial charge in [-0.2, -0.15) is 0 Å². The Morgan fingerprint density at radius 1 is 0.106 bits per heavy atom. The number of hydrogen-bond donors (Lipinski definition) is 0. The largest absolute Gasteiger partial charge is 0.0622 e. The molecule has 0 saturated carbocycles. The van der Waals surface area contributed by atoms with E-state index in [1.54, 1.807) is 0 Å². The van der Waals surface area contributed by atoms with Crippen LogP contribution < -0.4 is 0 Å². The smallest absolute Gasteiger partial charge is 0.0105 e. The van der Waals surface area contributed by atoms with Gasteiger partial charge in [0, 0.05) is 0 Å². The summed E-state index contributed by atoms with van der Waals surface area (Å²) in [4.78, 5) is 0. The lowest BCUT2D eigenvalue weighted by Crippen LogP contribution is -1.91. The van der Waals surface area contributed by atoms with Crippen LogP contribution in [0.25, 0.3) is 111 Å². The summed E-state index contributed by atoms with van der Waals surface area (Å²) >= 11 is 0. The summed E-state index contributed by atoms with van der Waals surface area (Å²) in [5.41, 5.74) is 23.9. The van der Waals surface area contributed by atoms with Crippen molar-refractivity contribution in [1.29, 1.82) is 0 Å². The molecule has 0 bridgehead atoms. The van der Waals surface area contributed by atoms with Gasteiger partial charge >= 0.3 is 0 Å². The maximum absolute atomic E-state index is 2.37. The zero-order valence-corrected chi connectivity index (χ0v) is 36.6. The molecule has 0 amide bonds. The summed E-state index contributed by atoms with van der Waals surface area (Å²) in [6, 6.07) is 101. The average Bonchev–Trinajstić information content (AvgIpc) is 3.41. The number of benzene rings is 11. The van der Waals surface area contributed by atoms with E-state index >= 15 is 0 Å². The lowest BCUT2D eigenvalue weighted by atomic mass is 9.86. The molecule has 0 atom stereocenters. The molecule has 0 aliphatic carbocycles. The molecule has 0 aliphatic heterocycles. The zero-order valence-electron chi connectivity index (χ0n) is 36.6. The normalized spacial score (nSPS) is 11.0. The molecule has 11 aromatic carbocycles. The molecule has 0 aliphatic rings. The highest BCUT2D eigenvalue weighted by molar-refractivity contribution is 5.94. The van der Waals surface area contributed by atoms with Gasteiger partial charge in [-0.3, -0.25) is 0 Å². The summed E-state index contributed by atoms with van der Waals surface area (Å²) in [6.07, 6.45) is 0. The molecular formula is C66H46. The second kappa shape index (κ2) is 18.3. The molecule has 0 fully saturated rings. The lowest BCUT2D eigenvalue weighted by Gasteiger charge is -2.17. The van der Waals surface area contributed by atoms with Crippen LogP contribution in [0.3, 0.4) is 0 Å². The fourth-order valence-corrected chi connectivity index (χ4v) is 9.48. The maximum atomic E-state index is 2.37. The van der Waals surface area contributed by atoms with Crippen molar-refractivity contribution >= 4 is 0 Å². The highest BCUT2D eigenvalue weighted by Crippen LogP contribution is 2.43. The fourth-order valence-electron chi connectivity index (χ4n) is 9.48. The SMILES string of the molecule is c1ccc(-c2ccccc2-c2cc(-c3ccc(-c4cc(-c5ccccc5-c5ccccc5)cc(-c5ccccc5-c5ccccc5)c4)cc3)cc(-c3ccccc3-c3ccccc3)c2)cc1. The monoisotopic (exact) mass is 838 g/mol. The molecule has 0 nitrogen and oxygen atoms in total. The summed E-state index contributed by atoms with van der Waals surface area (Å²) < 4.78 is 0. The molecule has 0 aromatic heterocycles. The van der Waals surface area contributed by atoms with Gasteiger partial charge in [0.25, 0.3) is 0 Å². The van der Waals surface area contributed by atoms with Gasteiger partial charge in [0.15, 0.2) is 0 Å². The van der Waals surface area contributed by atoms with Crippen molar-refractivity contribution < 1.29 is 0 Å². The number of hydrogen-bond acceptors (Lipinski definition) is 0. The first-order valence-corrected chi connectivity index (χ1v) is 22.7. The van der Waals surface area contributed by atoms with Crippen LogP contribution in [-0.2, 0) is 0 Å². The molecule has 0 radical (unpaired) electrons. The predicted molar refractivity (Wildman–Crippen MR) is 281 cm³/mol. The van der Waals surface area contributed by atoms with Crippen molar-refractivity contribution in [3.8, 4) is 111 Å². The summed E-state index contributed by atoms with van der Waals surface area (Å²) in [7, 11) is 0. The Morgan fingerprint density at radius 2 is 0.273 bits per heavy atom. The van der Waals surface area contributed by atoms with Gasteiger partial charge in [0.05, 0.1) is 0 Å². The minimum absolute atomic E-state index is 1.16. The van der Waals surface area contributed by atoms with E-state index in [9.17, 15) is 0 Å². The molecule has 0 heterocycles. The predicted octanol–water partition coefficient (Wildman–Crippen LogP) is 18.4. The Kier molecular flexibility index (Phi) is 11.1. The molecular weight excluding hydrogens is 793 g/mol. The fraction of sp³-hybridized carbons (Fsp3) is 0. The Balaban J connectivity index is 1.06. The molecule has 0 heteroatoms. The highest BCUT2D eigenvalue weighted by Gasteiger charge is 2.17. The van der Waals surface area contributed by atoms with Gasteiger partial charge in [0.2, 0.25) is 0 Å². The second-order valence-electron chi connectivity index (χ2n) is 16.8. The van der Waals surface area contributed by atoms with Gasteiger partial charge in [-0.1, -0.05) is 243 Å². The van der Waals surface area contributed by atoms with Crippen molar-refractivity contribution in [2.45, 2.75) is 0 Å². The van der Waals surface area contributed by atoms with Crippen LogP contribution in [-0.4, -0.2) is 0 Å². The zero-order chi connectivity index (χ0) is 44.1. The molecule has 66 heavy (non-hydrogen) atoms. The summed E-state index contributed by atoms with van der Waals surface area (Å²) in [5.74, 6) is 0. The van der Waals surface area contributed by atoms with E-state index in [0.29, 0.717) is 0 Å². The minimum atomic E-state index is 1.16. The van der Waals surface area contributed by atoms with Crippen LogP contribution >= 0.6 is 0 Å². The van der Waals surface area contributed by atoms with Gasteiger partial charge in [-0.05, 0) is 148 Å². The summed E-state index contributed by atoms with van der Waals surface area (Å²) in [5, 5.41) is 0. The Hall–Kier alpha value is -8.58. The van der Waals surface area contributed by atoms with E-state index in [4.69, 9.17) is 0 Å². The van der Waals surface area contributed by atoms with E-state index in [2.05, 4.69) is 279 Å². The molecule has 0 spiro atoms. The highest BCUT2D eigenvalue weighted by atomic mass is 14.2. The Bertz CT molecular complexity index is 2990. The standard InChI is InChI=1S/C66H46/c1-5-21-49(22-6-1)59-29-13-17-33-63(59)55-41-53(42-56(45-55)64-34-18-14-30-60(64)50-23-7-2-8-24-50)47-37-39-48(40-38-47)54-43-57(65-35-19-15-31-61(65)51-25-9-3-10-26-51)46-58(44-54)66-36-20-16-32-62(66)52-27-11-4-12-28-52/h1-46H. The molecule has 310 valence electrons. The number of rotatable bonds is 10. The topological polar surface area (TPSA) is 0 Å². The van der Waals surface area contributed by atoms with Gasteiger partial charge in [-0.25, -0.2) is 0 Å². The lowest BCUT2D eigenvalue weighted by molar-refractivity contribution is 1.53. The molecule has 0 saturated heterocycles. The van der Waals surface area contributed by atoms with Crippen molar-refractivity contribution in [1.82, 2.24) is 0 Å². The first kappa shape index (κ1) is 40.2. The first-order chi connectivity index (χ1) is 32.7. The van der Waals surface area contributed by atoms with Crippen LogP contribution in [0.4, 0.5) is 0 Å². The van der Waals surface area contributed by atoms with Crippen molar-refractivity contribution in [2.75, 3.05) is 0 Å². The van der Waals surface area contributed by atoms with E-state index in [-0.39, 0.29) is 0 Å². The van der Waals surface area contributed by atoms with E-state index in [1.165, 1.54) is 100 Å². The van der Waals surface area contributed by atoms with Crippen LogP contribution in [0.2, 0.25) is 0 Å². The van der Waals surface area contributed by atoms with Crippen molar-refractivity contribution in [2.24, 2.45) is 0 Å². The van der Waals surface area contributed by atoms with Gasteiger partial charge in [0.1, 0.15) is 0 Å². The third kappa shape index (κ3) is 8.21. The maximum Gasteiger partial charge on any atom is -0.0105 e. The van der Waals surface area contributed by atoms with Crippen LogP contribution in [0.5, 0.6) is 0 Å². The van der Waals surface area contributed by atoms with E-state index < -0.39 is 0 Å². The van der Waals surface area contributed by atoms with Gasteiger partial charge < -0.3 is 0 Å². The Labute approximate surface area is 388 Å². The first-order valence-electron chi connectivity index (χ1n) is 22.7. The molecule has 11 aromatic rings. The minimum Gasteiger partial charge on any atom is -0.0622 e. The van der Waals surface area contributed by atoms with Crippen molar-refractivity contribution in [3.05, 3.63) is 279 Å². The Morgan fingerprint density at radius 3 is 0.485 bits per heavy atom. The summed E-state index contributed by atoms with van der Waals surface area (Å²) in [6.45, 7) is 0. The van der Waals surface area contributed by atoms with E-state index in [1.807, 2.05) is 0 Å². The van der Waals surface area contributed by atoms with Gasteiger partial charge in [-0.15, -0.1) is 0 Å². The quantitative estimate of drug-likeness (QED) is 0.129. The second-order valence-corrected chi connectivity index (χ2v) is 16.8. The molecule has 11 rings (SSSR count). The van der Waals surface area contributed by atoms with Crippen molar-refractivity contribution in [3.63, 3.8) is 0 Å².